The summed E-state index contributed by atoms with van der Waals surface area (Å²) in [6, 6.07) is 1.91. The molecule has 1 aromatic heterocycles. The van der Waals surface area contributed by atoms with E-state index in [9.17, 15) is 0 Å². The van der Waals surface area contributed by atoms with Crippen LogP contribution in [0.15, 0.2) is 18.5 Å². The van der Waals surface area contributed by atoms with Gasteiger partial charge >= 0.3 is 0 Å². The molecule has 16 heavy (non-hydrogen) atoms. The van der Waals surface area contributed by atoms with Gasteiger partial charge < -0.3 is 5.32 Å². The zero-order chi connectivity index (χ0) is 11.4. The van der Waals surface area contributed by atoms with Gasteiger partial charge in [-0.3, -0.25) is 4.98 Å². The van der Waals surface area contributed by atoms with Gasteiger partial charge in [0, 0.05) is 24.3 Å². The molecule has 2 rings (SSSR count). The van der Waals surface area contributed by atoms with E-state index in [0.29, 0.717) is 16.3 Å². The number of halogens is 2. The Morgan fingerprint density at radius 2 is 2.31 bits per heavy atom. The lowest BCUT2D eigenvalue weighted by Crippen LogP contribution is -2.22. The minimum atomic E-state index is 0.355. The Balaban J connectivity index is 1.85. The van der Waals surface area contributed by atoms with E-state index >= 15 is 0 Å². The van der Waals surface area contributed by atoms with Gasteiger partial charge in [-0.25, -0.2) is 0 Å². The highest BCUT2D eigenvalue weighted by Gasteiger charge is 2.19. The topological polar surface area (TPSA) is 24.9 Å². The van der Waals surface area contributed by atoms with E-state index in [4.69, 9.17) is 23.2 Å². The van der Waals surface area contributed by atoms with Crippen LogP contribution >= 0.6 is 23.2 Å². The molecule has 1 aromatic rings. The van der Waals surface area contributed by atoms with Crippen LogP contribution in [0.3, 0.4) is 0 Å². The van der Waals surface area contributed by atoms with Crippen molar-refractivity contribution in [2.45, 2.75) is 31.1 Å². The van der Waals surface area contributed by atoms with E-state index in [0.717, 1.165) is 25.1 Å². The zero-order valence-electron chi connectivity index (χ0n) is 9.13. The van der Waals surface area contributed by atoms with Gasteiger partial charge in [0.15, 0.2) is 0 Å². The normalized spacial score (nSPS) is 25.4. The molecule has 0 saturated heterocycles. The molecule has 0 aliphatic heterocycles. The van der Waals surface area contributed by atoms with Crippen molar-refractivity contribution in [1.29, 1.82) is 0 Å². The molecule has 0 radical (unpaired) electrons. The van der Waals surface area contributed by atoms with Crippen LogP contribution in [-0.2, 0) is 0 Å². The number of aromatic nitrogens is 1. The molecule has 0 bridgehead atoms. The van der Waals surface area contributed by atoms with E-state index in [1.54, 1.807) is 12.4 Å². The molecule has 1 aliphatic carbocycles. The zero-order valence-corrected chi connectivity index (χ0v) is 10.6. The van der Waals surface area contributed by atoms with Crippen LogP contribution in [0.1, 0.15) is 25.7 Å². The fourth-order valence-electron chi connectivity index (χ4n) is 2.18. The average molecular weight is 259 g/mol. The number of hydrogen-bond donors (Lipinski definition) is 1. The molecule has 1 heterocycles. The molecular weight excluding hydrogens is 243 g/mol. The van der Waals surface area contributed by atoms with Crippen molar-refractivity contribution in [1.82, 2.24) is 4.98 Å². The molecule has 1 aliphatic rings. The maximum absolute atomic E-state index is 6.16. The fourth-order valence-corrected chi connectivity index (χ4v) is 2.78. The Labute approximate surface area is 106 Å². The Morgan fingerprint density at radius 1 is 1.44 bits per heavy atom. The first-order chi connectivity index (χ1) is 7.75. The molecule has 0 amide bonds. The predicted octanol–water partition coefficient (Wildman–Crippen LogP) is 3.94. The van der Waals surface area contributed by atoms with E-state index < -0.39 is 0 Å². The summed E-state index contributed by atoms with van der Waals surface area (Å²) in [6.45, 7) is 0.951. The van der Waals surface area contributed by atoms with Crippen LogP contribution < -0.4 is 5.32 Å². The van der Waals surface area contributed by atoms with Gasteiger partial charge in [0.1, 0.15) is 0 Å². The average Bonchev–Trinajstić information content (AvgIpc) is 2.28. The number of alkyl halides is 1. The van der Waals surface area contributed by atoms with Crippen molar-refractivity contribution < 1.29 is 0 Å². The fraction of sp³-hybridized carbons (Fsp3) is 0.583. The van der Waals surface area contributed by atoms with Gasteiger partial charge in [-0.05, 0) is 31.2 Å². The van der Waals surface area contributed by atoms with E-state index in [1.165, 1.54) is 12.8 Å². The molecule has 1 fully saturated rings. The van der Waals surface area contributed by atoms with Gasteiger partial charge in [0.2, 0.25) is 0 Å². The Bertz CT molecular complexity index is 344. The minimum Gasteiger partial charge on any atom is -0.383 e. The maximum Gasteiger partial charge on any atom is 0.0820 e. The molecule has 1 N–H and O–H groups in total. The molecule has 0 spiro atoms. The minimum absolute atomic E-state index is 0.355. The van der Waals surface area contributed by atoms with Crippen molar-refractivity contribution in [2.24, 2.45) is 5.92 Å². The summed E-state index contributed by atoms with van der Waals surface area (Å²) in [5.74, 6) is 0.667. The lowest BCUT2D eigenvalue weighted by atomic mass is 9.89. The van der Waals surface area contributed by atoms with E-state index in [-0.39, 0.29) is 0 Å². The third kappa shape index (κ3) is 3.26. The Kier molecular flexibility index (Phi) is 4.30. The van der Waals surface area contributed by atoms with Gasteiger partial charge in [-0.15, -0.1) is 11.6 Å². The molecule has 0 aromatic carbocycles. The molecule has 4 heteroatoms. The van der Waals surface area contributed by atoms with Crippen LogP contribution in [0.25, 0.3) is 0 Å². The largest absolute Gasteiger partial charge is 0.383 e. The predicted molar refractivity (Wildman–Crippen MR) is 69.3 cm³/mol. The van der Waals surface area contributed by atoms with Gasteiger partial charge in [-0.2, -0.15) is 0 Å². The Morgan fingerprint density at radius 3 is 3.06 bits per heavy atom. The number of pyridine rings is 1. The van der Waals surface area contributed by atoms with Crippen LogP contribution in [0.2, 0.25) is 5.02 Å². The highest BCUT2D eigenvalue weighted by atomic mass is 35.5. The highest BCUT2D eigenvalue weighted by Crippen LogP contribution is 2.28. The van der Waals surface area contributed by atoms with Gasteiger partial charge in [0.25, 0.3) is 0 Å². The summed E-state index contributed by atoms with van der Waals surface area (Å²) < 4.78 is 0. The third-order valence-corrected chi connectivity index (χ3v) is 3.77. The summed E-state index contributed by atoms with van der Waals surface area (Å²) in [7, 11) is 0. The standard InChI is InChI=1S/C12H16Cl2N2/c13-10-3-1-2-9(6-10)7-16-12-4-5-15-8-11(12)14/h4-5,8-10H,1-3,6-7H2,(H,15,16). The van der Waals surface area contributed by atoms with Crippen molar-refractivity contribution in [3.8, 4) is 0 Å². The highest BCUT2D eigenvalue weighted by molar-refractivity contribution is 6.33. The smallest absolute Gasteiger partial charge is 0.0820 e. The second kappa shape index (κ2) is 5.74. The maximum atomic E-state index is 6.16. The quantitative estimate of drug-likeness (QED) is 0.831. The first-order valence-electron chi connectivity index (χ1n) is 5.73. The van der Waals surface area contributed by atoms with Crippen LogP contribution in [-0.4, -0.2) is 16.9 Å². The summed E-state index contributed by atoms with van der Waals surface area (Å²) in [5, 5.41) is 4.41. The summed E-state index contributed by atoms with van der Waals surface area (Å²) in [5.41, 5.74) is 0.966. The molecule has 2 nitrogen and oxygen atoms in total. The third-order valence-electron chi connectivity index (χ3n) is 3.07. The number of hydrogen-bond acceptors (Lipinski definition) is 2. The van der Waals surface area contributed by atoms with Crippen molar-refractivity contribution in [2.75, 3.05) is 11.9 Å². The van der Waals surface area contributed by atoms with Crippen molar-refractivity contribution in [3.05, 3.63) is 23.5 Å². The molecular formula is C12H16Cl2N2. The monoisotopic (exact) mass is 258 g/mol. The second-order valence-corrected chi connectivity index (χ2v) is 5.39. The first kappa shape index (κ1) is 12.0. The molecule has 2 unspecified atom stereocenters. The van der Waals surface area contributed by atoms with Gasteiger partial charge in [-0.1, -0.05) is 18.0 Å². The van der Waals surface area contributed by atoms with Crippen LogP contribution in [0.5, 0.6) is 0 Å². The van der Waals surface area contributed by atoms with E-state index in [1.807, 2.05) is 6.07 Å². The summed E-state index contributed by atoms with van der Waals surface area (Å²) in [4.78, 5) is 3.96. The van der Waals surface area contributed by atoms with Crippen molar-refractivity contribution in [3.63, 3.8) is 0 Å². The number of nitrogens with one attached hydrogen (secondary N) is 1. The first-order valence-corrected chi connectivity index (χ1v) is 6.54. The molecule has 88 valence electrons. The number of nitrogens with zero attached hydrogens (tertiary/aromatic N) is 1. The SMILES string of the molecule is Clc1cnccc1NCC1CCCC(Cl)C1. The second-order valence-electron chi connectivity index (χ2n) is 4.37. The number of anilines is 1. The lowest BCUT2D eigenvalue weighted by molar-refractivity contribution is 0.378. The number of rotatable bonds is 3. The van der Waals surface area contributed by atoms with Crippen LogP contribution in [0.4, 0.5) is 5.69 Å². The summed E-state index contributed by atoms with van der Waals surface area (Å²) in [6.07, 6.45) is 8.18. The van der Waals surface area contributed by atoms with Crippen LogP contribution in [0, 0.1) is 5.92 Å². The lowest BCUT2D eigenvalue weighted by Gasteiger charge is -2.26. The van der Waals surface area contributed by atoms with E-state index in [2.05, 4.69) is 10.3 Å². The Hall–Kier alpha value is -0.470. The van der Waals surface area contributed by atoms with Gasteiger partial charge in [0.05, 0.1) is 10.7 Å². The summed E-state index contributed by atoms with van der Waals surface area (Å²) >= 11 is 12.2. The van der Waals surface area contributed by atoms with Crippen molar-refractivity contribution >= 4 is 28.9 Å². The molecule has 1 saturated carbocycles. The molecule has 2 atom stereocenters.